The molecule has 0 aromatic heterocycles. The summed E-state index contributed by atoms with van der Waals surface area (Å²) in [6, 6.07) is 13.2. The fourth-order valence-electron chi connectivity index (χ4n) is 2.84. The molecule has 2 rings (SSSR count). The number of carbonyl (C=O) groups is 1. The maximum Gasteiger partial charge on any atom is 0.253 e. The monoisotopic (exact) mass is 562 g/mol. The summed E-state index contributed by atoms with van der Waals surface area (Å²) in [6.07, 6.45) is 1.46. The molecule has 0 saturated heterocycles. The number of nitrogens with one attached hydrogen (secondary N) is 2. The molecule has 0 atom stereocenters. The second-order valence-corrected chi connectivity index (χ2v) is 7.60. The third kappa shape index (κ3) is 8.32. The Morgan fingerprint density at radius 1 is 1.03 bits per heavy atom. The van der Waals surface area contributed by atoms with Crippen LogP contribution in [0.2, 0.25) is 10.0 Å². The van der Waals surface area contributed by atoms with Gasteiger partial charge in [0.1, 0.15) is 0 Å². The molecule has 2 N–H and O–H groups in total. The van der Waals surface area contributed by atoms with Gasteiger partial charge in [0, 0.05) is 49.3 Å². The summed E-state index contributed by atoms with van der Waals surface area (Å²) in [6.45, 7) is 4.08. The smallest absolute Gasteiger partial charge is 0.253 e. The first-order valence-corrected chi connectivity index (χ1v) is 10.4. The zero-order valence-corrected chi connectivity index (χ0v) is 21.4. The van der Waals surface area contributed by atoms with Gasteiger partial charge in [-0.3, -0.25) is 9.79 Å². The molecule has 30 heavy (non-hydrogen) atoms. The van der Waals surface area contributed by atoms with Crippen molar-refractivity contribution in [3.05, 3.63) is 69.2 Å². The molecule has 2 aromatic carbocycles. The Balaban J connectivity index is 0.00000450. The molecule has 0 aliphatic rings. The Morgan fingerprint density at radius 2 is 1.70 bits per heavy atom. The van der Waals surface area contributed by atoms with Gasteiger partial charge in [-0.05, 0) is 55.2 Å². The minimum absolute atomic E-state index is 0. The molecule has 0 aliphatic heterocycles. The number of amides is 1. The van der Waals surface area contributed by atoms with Crippen molar-refractivity contribution in [1.29, 1.82) is 0 Å². The standard InChI is InChI=1S/C22H28Cl2N4O.HI/c1-4-25-22(27-14-12-18-19(23)9-6-10-20(18)24)26-13-11-16-7-5-8-17(15-16)21(29)28(2)3;/h5-10,15H,4,11-14H2,1-3H3,(H2,25,26,27);1H. The molecule has 2 aromatic rings. The first-order valence-electron chi connectivity index (χ1n) is 9.68. The lowest BCUT2D eigenvalue weighted by Gasteiger charge is -2.13. The van der Waals surface area contributed by atoms with E-state index in [0.717, 1.165) is 30.1 Å². The first-order chi connectivity index (χ1) is 13.9. The topological polar surface area (TPSA) is 56.7 Å². The molecule has 8 heteroatoms. The molecule has 0 radical (unpaired) electrons. The lowest BCUT2D eigenvalue weighted by molar-refractivity contribution is 0.0827. The van der Waals surface area contributed by atoms with Gasteiger partial charge in [0.25, 0.3) is 5.91 Å². The summed E-state index contributed by atoms with van der Waals surface area (Å²) >= 11 is 12.4. The summed E-state index contributed by atoms with van der Waals surface area (Å²) in [7, 11) is 3.51. The van der Waals surface area contributed by atoms with Gasteiger partial charge in [-0.2, -0.15) is 0 Å². The van der Waals surface area contributed by atoms with Gasteiger partial charge >= 0.3 is 0 Å². The van der Waals surface area contributed by atoms with Crippen LogP contribution >= 0.6 is 47.2 Å². The predicted molar refractivity (Wildman–Crippen MR) is 138 cm³/mol. The van der Waals surface area contributed by atoms with E-state index in [0.29, 0.717) is 35.1 Å². The Morgan fingerprint density at radius 3 is 2.33 bits per heavy atom. The number of guanidine groups is 1. The highest BCUT2D eigenvalue weighted by Gasteiger charge is 2.08. The van der Waals surface area contributed by atoms with E-state index in [1.807, 2.05) is 49.4 Å². The maximum atomic E-state index is 12.1. The minimum atomic E-state index is 0. The van der Waals surface area contributed by atoms with Gasteiger partial charge in [0.2, 0.25) is 0 Å². The zero-order chi connectivity index (χ0) is 21.2. The van der Waals surface area contributed by atoms with Crippen molar-refractivity contribution in [2.75, 3.05) is 33.7 Å². The molecule has 1 amide bonds. The maximum absolute atomic E-state index is 12.1. The van der Waals surface area contributed by atoms with Crippen molar-refractivity contribution in [2.24, 2.45) is 4.99 Å². The van der Waals surface area contributed by atoms with Crippen LogP contribution in [0.3, 0.4) is 0 Å². The SMILES string of the molecule is CCNC(=NCCc1c(Cl)cccc1Cl)NCCc1cccc(C(=O)N(C)C)c1.I. The van der Waals surface area contributed by atoms with Gasteiger partial charge in [0.05, 0.1) is 0 Å². The molecule has 0 aliphatic carbocycles. The van der Waals surface area contributed by atoms with E-state index >= 15 is 0 Å². The fourth-order valence-corrected chi connectivity index (χ4v) is 3.42. The average molecular weight is 563 g/mol. The second kappa shape index (κ2) is 13.7. The fraction of sp³-hybridized carbons (Fsp3) is 0.364. The van der Waals surface area contributed by atoms with E-state index in [2.05, 4.69) is 15.6 Å². The first kappa shape index (κ1) is 26.5. The van der Waals surface area contributed by atoms with Crippen molar-refractivity contribution in [2.45, 2.75) is 19.8 Å². The molecular formula is C22H29Cl2IN4O. The van der Waals surface area contributed by atoms with Crippen LogP contribution in [0.25, 0.3) is 0 Å². The van der Waals surface area contributed by atoms with Crippen LogP contribution in [0.1, 0.15) is 28.4 Å². The second-order valence-electron chi connectivity index (χ2n) is 6.79. The average Bonchev–Trinajstić information content (AvgIpc) is 2.69. The van der Waals surface area contributed by atoms with Crippen molar-refractivity contribution < 1.29 is 4.79 Å². The third-order valence-electron chi connectivity index (χ3n) is 4.32. The highest BCUT2D eigenvalue weighted by molar-refractivity contribution is 14.0. The molecular weight excluding hydrogens is 534 g/mol. The quantitative estimate of drug-likeness (QED) is 0.280. The van der Waals surface area contributed by atoms with E-state index in [4.69, 9.17) is 23.2 Å². The normalized spacial score (nSPS) is 10.9. The molecule has 0 spiro atoms. The van der Waals surface area contributed by atoms with E-state index in [9.17, 15) is 4.79 Å². The number of hydrogen-bond donors (Lipinski definition) is 2. The number of benzene rings is 2. The van der Waals surface area contributed by atoms with Crippen LogP contribution < -0.4 is 10.6 Å². The Bertz CT molecular complexity index is 839. The summed E-state index contributed by atoms with van der Waals surface area (Å²) in [4.78, 5) is 18.3. The number of aliphatic imine (C=N–C) groups is 1. The van der Waals surface area contributed by atoms with Gasteiger partial charge in [-0.15, -0.1) is 24.0 Å². The van der Waals surface area contributed by atoms with E-state index in [-0.39, 0.29) is 29.9 Å². The van der Waals surface area contributed by atoms with Crippen LogP contribution in [0.5, 0.6) is 0 Å². The van der Waals surface area contributed by atoms with Crippen molar-refractivity contribution in [3.8, 4) is 0 Å². The third-order valence-corrected chi connectivity index (χ3v) is 5.03. The zero-order valence-electron chi connectivity index (χ0n) is 17.5. The Kier molecular flexibility index (Phi) is 12.1. The number of hydrogen-bond acceptors (Lipinski definition) is 2. The minimum Gasteiger partial charge on any atom is -0.357 e. The Hall–Kier alpha value is -1.51. The molecule has 164 valence electrons. The van der Waals surface area contributed by atoms with E-state index < -0.39 is 0 Å². The summed E-state index contributed by atoms with van der Waals surface area (Å²) in [5, 5.41) is 7.90. The van der Waals surface area contributed by atoms with Gasteiger partial charge in [-0.1, -0.05) is 41.4 Å². The van der Waals surface area contributed by atoms with Crippen LogP contribution in [0, 0.1) is 0 Å². The summed E-state index contributed by atoms with van der Waals surface area (Å²) < 4.78 is 0. The molecule has 0 bridgehead atoms. The molecule has 0 fully saturated rings. The lowest BCUT2D eigenvalue weighted by Crippen LogP contribution is -2.38. The molecule has 0 saturated carbocycles. The predicted octanol–water partition coefficient (Wildman–Crippen LogP) is 4.65. The summed E-state index contributed by atoms with van der Waals surface area (Å²) in [5.74, 6) is 0.754. The number of rotatable bonds is 8. The highest BCUT2D eigenvalue weighted by Crippen LogP contribution is 2.24. The highest BCUT2D eigenvalue weighted by atomic mass is 127. The van der Waals surface area contributed by atoms with Crippen molar-refractivity contribution in [3.63, 3.8) is 0 Å². The molecule has 0 unspecified atom stereocenters. The number of halogens is 3. The van der Waals surface area contributed by atoms with E-state index in [1.165, 1.54) is 0 Å². The van der Waals surface area contributed by atoms with Crippen LogP contribution in [-0.2, 0) is 12.8 Å². The van der Waals surface area contributed by atoms with Gasteiger partial charge < -0.3 is 15.5 Å². The summed E-state index contributed by atoms with van der Waals surface area (Å²) in [5.41, 5.74) is 2.71. The lowest BCUT2D eigenvalue weighted by atomic mass is 10.1. The molecule has 5 nitrogen and oxygen atoms in total. The van der Waals surface area contributed by atoms with Crippen molar-refractivity contribution >= 4 is 59.0 Å². The van der Waals surface area contributed by atoms with Gasteiger partial charge in [-0.25, -0.2) is 0 Å². The number of carbonyl (C=O) groups excluding carboxylic acids is 1. The number of nitrogens with zero attached hydrogens (tertiary/aromatic N) is 2. The molecule has 0 heterocycles. The van der Waals surface area contributed by atoms with Crippen LogP contribution in [-0.4, -0.2) is 50.5 Å². The van der Waals surface area contributed by atoms with E-state index in [1.54, 1.807) is 19.0 Å². The van der Waals surface area contributed by atoms with Gasteiger partial charge in [0.15, 0.2) is 5.96 Å². The largest absolute Gasteiger partial charge is 0.357 e. The Labute approximate surface area is 206 Å². The van der Waals surface area contributed by atoms with Crippen LogP contribution in [0.4, 0.5) is 0 Å². The van der Waals surface area contributed by atoms with Crippen LogP contribution in [0.15, 0.2) is 47.5 Å². The van der Waals surface area contributed by atoms with Crippen molar-refractivity contribution in [1.82, 2.24) is 15.5 Å².